The van der Waals surface area contributed by atoms with Crippen molar-refractivity contribution in [3.05, 3.63) is 0 Å². The van der Waals surface area contributed by atoms with Crippen molar-refractivity contribution in [2.24, 2.45) is 0 Å². The number of hydrogen-bond donors (Lipinski definition) is 2. The quantitative estimate of drug-likeness (QED) is 0.640. The van der Waals surface area contributed by atoms with Crippen LogP contribution >= 0.6 is 0 Å². The molecular formula is C12H26N2. The van der Waals surface area contributed by atoms with Gasteiger partial charge < -0.3 is 10.6 Å². The van der Waals surface area contributed by atoms with Gasteiger partial charge >= 0.3 is 0 Å². The zero-order valence-corrected chi connectivity index (χ0v) is 9.81. The molecule has 0 spiro atoms. The molecule has 2 N–H and O–H groups in total. The van der Waals surface area contributed by atoms with Gasteiger partial charge in [0.25, 0.3) is 0 Å². The van der Waals surface area contributed by atoms with E-state index in [9.17, 15) is 0 Å². The largest absolute Gasteiger partial charge is 0.314 e. The second kappa shape index (κ2) is 7.24. The van der Waals surface area contributed by atoms with Gasteiger partial charge in [0, 0.05) is 12.1 Å². The Morgan fingerprint density at radius 2 is 2.29 bits per heavy atom. The summed E-state index contributed by atoms with van der Waals surface area (Å²) >= 11 is 0. The number of piperidine rings is 1. The second-order valence-corrected chi connectivity index (χ2v) is 4.55. The maximum Gasteiger partial charge on any atom is 0.00675 e. The van der Waals surface area contributed by atoms with Gasteiger partial charge in [-0.1, -0.05) is 13.3 Å². The molecule has 14 heavy (non-hydrogen) atoms. The van der Waals surface area contributed by atoms with Gasteiger partial charge in [0.05, 0.1) is 0 Å². The first-order chi connectivity index (χ1) is 6.83. The van der Waals surface area contributed by atoms with Crippen LogP contribution in [0.5, 0.6) is 0 Å². The predicted molar refractivity (Wildman–Crippen MR) is 62.6 cm³/mol. The first-order valence-corrected chi connectivity index (χ1v) is 6.29. The molecule has 2 nitrogen and oxygen atoms in total. The summed E-state index contributed by atoms with van der Waals surface area (Å²) in [7, 11) is 0. The van der Waals surface area contributed by atoms with Crippen molar-refractivity contribution in [1.29, 1.82) is 0 Å². The van der Waals surface area contributed by atoms with Gasteiger partial charge in [-0.3, -0.25) is 0 Å². The van der Waals surface area contributed by atoms with Crippen LogP contribution in [0.25, 0.3) is 0 Å². The first-order valence-electron chi connectivity index (χ1n) is 6.29. The summed E-state index contributed by atoms with van der Waals surface area (Å²) in [6.07, 6.45) is 8.11. The smallest absolute Gasteiger partial charge is 0.00675 e. The molecule has 1 rings (SSSR count). The number of nitrogens with one attached hydrogen (secondary N) is 2. The Morgan fingerprint density at radius 3 is 2.93 bits per heavy atom. The summed E-state index contributed by atoms with van der Waals surface area (Å²) in [5, 5.41) is 7.14. The summed E-state index contributed by atoms with van der Waals surface area (Å²) in [5.41, 5.74) is 0. The van der Waals surface area contributed by atoms with Crippen LogP contribution in [0.15, 0.2) is 0 Å². The lowest BCUT2D eigenvalue weighted by molar-refractivity contribution is 0.369. The third kappa shape index (κ3) is 4.97. The molecule has 1 aliphatic heterocycles. The molecule has 1 fully saturated rings. The fourth-order valence-corrected chi connectivity index (χ4v) is 2.01. The lowest BCUT2D eigenvalue weighted by Crippen LogP contribution is -2.35. The Kier molecular flexibility index (Phi) is 6.20. The Labute approximate surface area is 88.8 Å². The van der Waals surface area contributed by atoms with Crippen molar-refractivity contribution in [3.63, 3.8) is 0 Å². The van der Waals surface area contributed by atoms with Crippen molar-refractivity contribution in [1.82, 2.24) is 10.6 Å². The van der Waals surface area contributed by atoms with E-state index in [0.29, 0.717) is 6.04 Å². The summed E-state index contributed by atoms with van der Waals surface area (Å²) in [6, 6.07) is 1.50. The maximum atomic E-state index is 3.59. The van der Waals surface area contributed by atoms with Crippen molar-refractivity contribution < 1.29 is 0 Å². The highest BCUT2D eigenvalue weighted by atomic mass is 14.9. The summed E-state index contributed by atoms with van der Waals surface area (Å²) in [6.45, 7) is 6.93. The van der Waals surface area contributed by atoms with Crippen molar-refractivity contribution in [3.8, 4) is 0 Å². The van der Waals surface area contributed by atoms with E-state index in [1.54, 1.807) is 0 Å². The maximum absolute atomic E-state index is 3.59. The highest BCUT2D eigenvalue weighted by molar-refractivity contribution is 4.72. The van der Waals surface area contributed by atoms with Crippen LogP contribution in [0.1, 0.15) is 52.4 Å². The third-order valence-corrected chi connectivity index (χ3v) is 3.25. The highest BCUT2D eigenvalue weighted by Gasteiger charge is 2.11. The molecule has 0 aromatic heterocycles. The van der Waals surface area contributed by atoms with Crippen LogP contribution in [0.4, 0.5) is 0 Å². The fourth-order valence-electron chi connectivity index (χ4n) is 2.01. The Morgan fingerprint density at radius 1 is 1.43 bits per heavy atom. The van der Waals surface area contributed by atoms with Gasteiger partial charge in [-0.2, -0.15) is 0 Å². The van der Waals surface area contributed by atoms with E-state index in [1.807, 2.05) is 0 Å². The molecule has 0 amide bonds. The molecule has 0 saturated carbocycles. The van der Waals surface area contributed by atoms with Gasteiger partial charge in [0.2, 0.25) is 0 Å². The van der Waals surface area contributed by atoms with Crippen LogP contribution in [-0.2, 0) is 0 Å². The Balaban J connectivity index is 1.92. The van der Waals surface area contributed by atoms with Crippen LogP contribution in [-0.4, -0.2) is 25.2 Å². The standard InChI is InChI=1S/C12H26N2/c1-3-11(2)13-10-6-8-12-7-4-5-9-14-12/h11-14H,3-10H2,1-2H3. The number of hydrogen-bond acceptors (Lipinski definition) is 2. The van der Waals surface area contributed by atoms with Gasteiger partial charge in [0.15, 0.2) is 0 Å². The van der Waals surface area contributed by atoms with E-state index in [0.717, 1.165) is 6.04 Å². The lowest BCUT2D eigenvalue weighted by Gasteiger charge is -2.23. The average Bonchev–Trinajstić information content (AvgIpc) is 2.25. The van der Waals surface area contributed by atoms with Crippen molar-refractivity contribution in [2.45, 2.75) is 64.5 Å². The minimum absolute atomic E-state index is 0.689. The Hall–Kier alpha value is -0.0800. The van der Waals surface area contributed by atoms with Crippen LogP contribution in [0, 0.1) is 0 Å². The van der Waals surface area contributed by atoms with E-state index in [2.05, 4.69) is 24.5 Å². The summed E-state index contributed by atoms with van der Waals surface area (Å²) in [5.74, 6) is 0. The zero-order chi connectivity index (χ0) is 10.2. The summed E-state index contributed by atoms with van der Waals surface area (Å²) in [4.78, 5) is 0. The van der Waals surface area contributed by atoms with E-state index in [-0.39, 0.29) is 0 Å². The normalized spacial score (nSPS) is 24.9. The minimum Gasteiger partial charge on any atom is -0.314 e. The topological polar surface area (TPSA) is 24.1 Å². The van der Waals surface area contributed by atoms with Gasteiger partial charge in [-0.05, 0) is 52.1 Å². The molecule has 2 heteroatoms. The second-order valence-electron chi connectivity index (χ2n) is 4.55. The minimum atomic E-state index is 0.689. The van der Waals surface area contributed by atoms with Gasteiger partial charge in [-0.15, -0.1) is 0 Å². The predicted octanol–water partition coefficient (Wildman–Crippen LogP) is 2.30. The van der Waals surface area contributed by atoms with Crippen LogP contribution in [0.2, 0.25) is 0 Å². The zero-order valence-electron chi connectivity index (χ0n) is 9.81. The van der Waals surface area contributed by atoms with Gasteiger partial charge in [-0.25, -0.2) is 0 Å². The molecule has 0 aromatic rings. The molecule has 0 bridgehead atoms. The average molecular weight is 198 g/mol. The molecular weight excluding hydrogens is 172 g/mol. The molecule has 84 valence electrons. The molecule has 1 heterocycles. The fraction of sp³-hybridized carbons (Fsp3) is 1.00. The molecule has 1 saturated heterocycles. The SMILES string of the molecule is CCC(C)NCCCC1CCCCN1. The van der Waals surface area contributed by atoms with Crippen LogP contribution in [0.3, 0.4) is 0 Å². The molecule has 0 aliphatic carbocycles. The molecule has 1 aliphatic rings. The van der Waals surface area contributed by atoms with Crippen molar-refractivity contribution in [2.75, 3.05) is 13.1 Å². The molecule has 0 radical (unpaired) electrons. The highest BCUT2D eigenvalue weighted by Crippen LogP contribution is 2.11. The van der Waals surface area contributed by atoms with E-state index in [1.165, 1.54) is 51.6 Å². The molecule has 2 unspecified atom stereocenters. The van der Waals surface area contributed by atoms with E-state index in [4.69, 9.17) is 0 Å². The Bertz CT molecular complexity index is 130. The lowest BCUT2D eigenvalue weighted by atomic mass is 10.0. The van der Waals surface area contributed by atoms with Crippen molar-refractivity contribution >= 4 is 0 Å². The van der Waals surface area contributed by atoms with E-state index < -0.39 is 0 Å². The summed E-state index contributed by atoms with van der Waals surface area (Å²) < 4.78 is 0. The van der Waals surface area contributed by atoms with Crippen LogP contribution < -0.4 is 10.6 Å². The monoisotopic (exact) mass is 198 g/mol. The van der Waals surface area contributed by atoms with E-state index >= 15 is 0 Å². The molecule has 2 atom stereocenters. The first kappa shape index (κ1) is 12.0. The van der Waals surface area contributed by atoms with Gasteiger partial charge in [0.1, 0.15) is 0 Å². The number of rotatable bonds is 6. The third-order valence-electron chi connectivity index (χ3n) is 3.25. The molecule has 0 aromatic carbocycles.